The number of imidazole rings is 2. The van der Waals surface area contributed by atoms with E-state index in [1.807, 2.05) is 42.8 Å². The van der Waals surface area contributed by atoms with E-state index in [4.69, 9.17) is 0 Å². The molecule has 0 aliphatic heterocycles. The Morgan fingerprint density at radius 2 is 1.94 bits per heavy atom. The number of benzene rings is 2. The highest BCUT2D eigenvalue weighted by Gasteiger charge is 2.30. The van der Waals surface area contributed by atoms with Crippen molar-refractivity contribution in [3.63, 3.8) is 0 Å². The number of nitrogens with one attached hydrogen (secondary N) is 1. The molecular formula is C25H19F3N4. The zero-order chi connectivity index (χ0) is 22.9. The molecule has 0 aliphatic carbocycles. The summed E-state index contributed by atoms with van der Waals surface area (Å²) in [6.45, 7) is 5.60. The minimum atomic E-state index is -4.40. The predicted octanol–water partition coefficient (Wildman–Crippen LogP) is 5.89. The van der Waals surface area contributed by atoms with Crippen molar-refractivity contribution in [1.82, 2.24) is 19.5 Å². The molecule has 4 rings (SSSR count). The molecule has 32 heavy (non-hydrogen) atoms. The van der Waals surface area contributed by atoms with E-state index in [2.05, 4.69) is 33.4 Å². The summed E-state index contributed by atoms with van der Waals surface area (Å²) in [5.74, 6) is 7.55. The molecule has 0 saturated carbocycles. The third kappa shape index (κ3) is 4.21. The van der Waals surface area contributed by atoms with Gasteiger partial charge in [0.15, 0.2) is 0 Å². The topological polar surface area (TPSA) is 46.5 Å². The number of nitrogens with zero attached hydrogens (tertiary/aromatic N) is 3. The van der Waals surface area contributed by atoms with Crippen LogP contribution in [0.3, 0.4) is 0 Å². The van der Waals surface area contributed by atoms with E-state index in [0.717, 1.165) is 40.3 Å². The van der Waals surface area contributed by atoms with Crippen LogP contribution in [-0.4, -0.2) is 19.5 Å². The van der Waals surface area contributed by atoms with Gasteiger partial charge in [-0.3, -0.25) is 0 Å². The lowest BCUT2D eigenvalue weighted by atomic mass is 10.0. The Bertz CT molecular complexity index is 1410. The first-order valence-corrected chi connectivity index (χ1v) is 9.77. The van der Waals surface area contributed by atoms with E-state index in [1.165, 1.54) is 6.07 Å². The average molecular weight is 432 g/mol. The Labute approximate surface area is 183 Å². The Morgan fingerprint density at radius 3 is 2.69 bits per heavy atom. The lowest BCUT2D eigenvalue weighted by Crippen LogP contribution is -2.04. The number of aromatic nitrogens is 4. The van der Waals surface area contributed by atoms with Gasteiger partial charge >= 0.3 is 6.18 Å². The maximum absolute atomic E-state index is 13.0. The zero-order valence-electron chi connectivity index (χ0n) is 17.5. The van der Waals surface area contributed by atoms with Crippen LogP contribution in [0.5, 0.6) is 0 Å². The standard InChI is InChI=1S/C25H19F3N4/c1-4-5-6-23-29-15-20(32(23)3)11-9-17-13-18(8-7-16(17)2)24-30-21-12-10-19(25(26,27)28)14-22(21)31-24/h4-8,10,12-15H,1H2,2-3H3,(H,30,31)/b6-5-. The van der Waals surface area contributed by atoms with Crippen molar-refractivity contribution in [1.29, 1.82) is 0 Å². The van der Waals surface area contributed by atoms with Gasteiger partial charge < -0.3 is 9.55 Å². The van der Waals surface area contributed by atoms with Gasteiger partial charge in [0.2, 0.25) is 0 Å². The largest absolute Gasteiger partial charge is 0.416 e. The Morgan fingerprint density at radius 1 is 1.12 bits per heavy atom. The summed E-state index contributed by atoms with van der Waals surface area (Å²) in [6, 6.07) is 9.13. The van der Waals surface area contributed by atoms with Crippen molar-refractivity contribution in [2.24, 2.45) is 7.05 Å². The summed E-state index contributed by atoms with van der Waals surface area (Å²) in [5, 5.41) is 0. The molecule has 0 spiro atoms. The molecule has 0 fully saturated rings. The molecule has 160 valence electrons. The highest BCUT2D eigenvalue weighted by molar-refractivity contribution is 5.80. The van der Waals surface area contributed by atoms with Crippen LogP contribution in [0.1, 0.15) is 28.2 Å². The second-order valence-corrected chi connectivity index (χ2v) is 7.25. The number of hydrogen-bond donors (Lipinski definition) is 1. The number of aryl methyl sites for hydroxylation is 1. The number of fused-ring (bicyclic) bond motifs is 1. The van der Waals surface area contributed by atoms with Gasteiger partial charge in [0.1, 0.15) is 17.3 Å². The van der Waals surface area contributed by atoms with Crippen LogP contribution in [0.25, 0.3) is 28.5 Å². The first kappa shape index (κ1) is 21.2. The molecule has 2 aromatic carbocycles. The maximum Gasteiger partial charge on any atom is 0.416 e. The molecule has 0 bridgehead atoms. The maximum atomic E-state index is 13.0. The summed E-state index contributed by atoms with van der Waals surface area (Å²) in [6.07, 6.45) is 2.62. The van der Waals surface area contributed by atoms with Gasteiger partial charge in [-0.2, -0.15) is 13.2 Å². The smallest absolute Gasteiger partial charge is 0.338 e. The van der Waals surface area contributed by atoms with Crippen molar-refractivity contribution >= 4 is 17.1 Å². The molecule has 0 aliphatic rings. The summed E-state index contributed by atoms with van der Waals surface area (Å²) in [4.78, 5) is 11.8. The minimum Gasteiger partial charge on any atom is -0.338 e. The normalized spacial score (nSPS) is 11.7. The molecule has 1 N–H and O–H groups in total. The second kappa shape index (κ2) is 8.23. The average Bonchev–Trinajstić information content (AvgIpc) is 3.34. The first-order valence-electron chi connectivity index (χ1n) is 9.77. The number of H-pyrrole nitrogens is 1. The number of halogens is 3. The minimum absolute atomic E-state index is 0.332. The predicted molar refractivity (Wildman–Crippen MR) is 120 cm³/mol. The van der Waals surface area contributed by atoms with E-state index in [9.17, 15) is 13.2 Å². The molecule has 2 aromatic heterocycles. The molecule has 0 radical (unpaired) electrons. The van der Waals surface area contributed by atoms with Gasteiger partial charge in [-0.1, -0.05) is 36.8 Å². The summed E-state index contributed by atoms with van der Waals surface area (Å²) in [5.41, 5.74) is 3.35. The van der Waals surface area contributed by atoms with Crippen LogP contribution < -0.4 is 0 Å². The molecule has 4 aromatic rings. The van der Waals surface area contributed by atoms with Gasteiger partial charge in [0, 0.05) is 18.2 Å². The van der Waals surface area contributed by atoms with E-state index < -0.39 is 11.7 Å². The number of aromatic amines is 1. The van der Waals surface area contributed by atoms with Crippen molar-refractivity contribution in [2.75, 3.05) is 0 Å². The van der Waals surface area contributed by atoms with E-state index in [-0.39, 0.29) is 0 Å². The van der Waals surface area contributed by atoms with Gasteiger partial charge in [0.25, 0.3) is 0 Å². The van der Waals surface area contributed by atoms with E-state index >= 15 is 0 Å². The second-order valence-electron chi connectivity index (χ2n) is 7.25. The zero-order valence-corrected chi connectivity index (χ0v) is 17.5. The highest BCUT2D eigenvalue weighted by Crippen LogP contribution is 2.32. The van der Waals surface area contributed by atoms with Crippen molar-refractivity contribution in [2.45, 2.75) is 13.1 Å². The molecule has 7 heteroatoms. The summed E-state index contributed by atoms with van der Waals surface area (Å²) < 4.78 is 40.9. The van der Waals surface area contributed by atoms with Crippen LogP contribution in [0.4, 0.5) is 13.2 Å². The van der Waals surface area contributed by atoms with Crippen LogP contribution in [0.2, 0.25) is 0 Å². The van der Waals surface area contributed by atoms with Crippen molar-refractivity contribution in [3.05, 3.63) is 89.5 Å². The fraction of sp³-hybridized carbons (Fsp3) is 0.120. The third-order valence-electron chi connectivity index (χ3n) is 5.05. The number of alkyl halides is 3. The Hall–Kier alpha value is -4.05. The Balaban J connectivity index is 1.69. The SMILES string of the molecule is C=C/C=C\c1ncc(C#Cc2cc(-c3nc4ccc(C(F)(F)F)cc4[nH]3)ccc2C)n1C. The molecule has 0 amide bonds. The fourth-order valence-electron chi connectivity index (χ4n) is 3.21. The van der Waals surface area contributed by atoms with E-state index in [1.54, 1.807) is 18.3 Å². The first-order chi connectivity index (χ1) is 15.3. The van der Waals surface area contributed by atoms with Crippen LogP contribution in [-0.2, 0) is 13.2 Å². The number of allylic oxidation sites excluding steroid dienone is 2. The molecule has 0 unspecified atom stereocenters. The highest BCUT2D eigenvalue weighted by atomic mass is 19.4. The van der Waals surface area contributed by atoms with Crippen molar-refractivity contribution < 1.29 is 13.2 Å². The Kier molecular flexibility index (Phi) is 5.45. The van der Waals surface area contributed by atoms with Crippen LogP contribution >= 0.6 is 0 Å². The number of hydrogen-bond acceptors (Lipinski definition) is 2. The number of rotatable bonds is 3. The van der Waals surface area contributed by atoms with Crippen molar-refractivity contribution in [3.8, 4) is 23.2 Å². The van der Waals surface area contributed by atoms with Gasteiger partial charge in [0.05, 0.1) is 22.8 Å². The summed E-state index contributed by atoms with van der Waals surface area (Å²) in [7, 11) is 1.88. The molecule has 0 atom stereocenters. The van der Waals surface area contributed by atoms with E-state index in [0.29, 0.717) is 16.9 Å². The monoisotopic (exact) mass is 432 g/mol. The molecular weight excluding hydrogens is 413 g/mol. The summed E-state index contributed by atoms with van der Waals surface area (Å²) >= 11 is 0. The van der Waals surface area contributed by atoms with Crippen LogP contribution in [0, 0.1) is 18.8 Å². The lowest BCUT2D eigenvalue weighted by molar-refractivity contribution is -0.137. The van der Waals surface area contributed by atoms with Gasteiger partial charge in [-0.05, 0) is 48.7 Å². The molecule has 0 saturated heterocycles. The van der Waals surface area contributed by atoms with Gasteiger partial charge in [-0.25, -0.2) is 9.97 Å². The molecule has 4 nitrogen and oxygen atoms in total. The third-order valence-corrected chi connectivity index (χ3v) is 5.05. The molecule has 2 heterocycles. The quantitative estimate of drug-likeness (QED) is 0.324. The fourth-order valence-corrected chi connectivity index (χ4v) is 3.21. The van der Waals surface area contributed by atoms with Crippen LogP contribution in [0.15, 0.2) is 61.3 Å². The van der Waals surface area contributed by atoms with Gasteiger partial charge in [-0.15, -0.1) is 0 Å². The lowest BCUT2D eigenvalue weighted by Gasteiger charge is -2.05.